The molecule has 59 heavy (non-hydrogen) atoms. The van der Waals surface area contributed by atoms with Crippen LogP contribution in [0.5, 0.6) is 0 Å². The molecule has 0 saturated carbocycles. The summed E-state index contributed by atoms with van der Waals surface area (Å²) in [7, 11) is 0. The Labute approximate surface area is 349 Å². The van der Waals surface area contributed by atoms with E-state index in [9.17, 15) is 19.2 Å². The largest absolute Gasteiger partial charge is 0.427 e. The van der Waals surface area contributed by atoms with E-state index in [0.717, 1.165) is 33.6 Å². The maximum absolute atomic E-state index is 14.4. The van der Waals surface area contributed by atoms with Crippen molar-refractivity contribution in [2.75, 3.05) is 18.3 Å². The van der Waals surface area contributed by atoms with Crippen LogP contribution in [-0.4, -0.2) is 68.3 Å². The molecule has 2 amide bonds. The number of benzene rings is 3. The number of anilines is 1. The van der Waals surface area contributed by atoms with Gasteiger partial charge in [0.05, 0.1) is 5.41 Å². The van der Waals surface area contributed by atoms with E-state index < -0.39 is 53.0 Å². The minimum Gasteiger partial charge on any atom is -0.427 e. The normalized spacial score (nSPS) is 16.9. The van der Waals surface area contributed by atoms with Crippen LogP contribution in [-0.2, 0) is 39.1 Å². The molecule has 4 heterocycles. The lowest BCUT2D eigenvalue weighted by Gasteiger charge is -2.49. The van der Waals surface area contributed by atoms with Crippen LogP contribution in [0.1, 0.15) is 48.7 Å². The number of nitrogen functional groups attached to an aromatic ring is 1. The van der Waals surface area contributed by atoms with Crippen molar-refractivity contribution in [2.45, 2.75) is 37.8 Å². The van der Waals surface area contributed by atoms with E-state index in [-0.39, 0.29) is 28.0 Å². The van der Waals surface area contributed by atoms with Gasteiger partial charge in [-0.15, -0.1) is 23.1 Å². The standard InChI is InChI=1S/C44H40N6O7S2/c1-43(2,3)41(54)56-27-55-40(53)36-29(22-21-28-14-13-23-46-24-28)25-58-39-35(38(52)50(36)39)48-37(51)34(33-26-59-42(45)47-33)49-57-44(30-15-7-4-8-16-30,31-17-9-5-10-18-31)32-19-11-6-12-20-32/h4-24,26,35,39H,25,27H2,1-3H3,(H2,45,47)(H,48,51)/b22-21-,49-34?/t35-,39+/m1/s1. The Morgan fingerprint density at radius 3 is 2.07 bits per heavy atom. The van der Waals surface area contributed by atoms with Crippen LogP contribution in [0.3, 0.4) is 0 Å². The van der Waals surface area contributed by atoms with Crippen LogP contribution < -0.4 is 11.1 Å². The number of hydrogen-bond acceptors (Lipinski definition) is 13. The number of pyridine rings is 1. The van der Waals surface area contributed by atoms with Crippen molar-refractivity contribution in [1.82, 2.24) is 20.2 Å². The molecule has 2 atom stereocenters. The number of hydrogen-bond donors (Lipinski definition) is 2. The van der Waals surface area contributed by atoms with E-state index in [0.29, 0.717) is 5.57 Å². The van der Waals surface area contributed by atoms with Crippen LogP contribution in [0.4, 0.5) is 5.13 Å². The molecule has 5 aromatic rings. The number of nitrogens with two attached hydrogens (primary N) is 1. The minimum absolute atomic E-state index is 0.0286. The molecule has 2 aliphatic heterocycles. The van der Waals surface area contributed by atoms with Gasteiger partial charge in [0.15, 0.2) is 10.8 Å². The van der Waals surface area contributed by atoms with E-state index in [1.165, 1.54) is 16.7 Å². The number of amides is 2. The number of nitrogens with zero attached hydrogens (tertiary/aromatic N) is 4. The zero-order valence-electron chi connectivity index (χ0n) is 32.3. The maximum Gasteiger partial charge on any atom is 0.358 e. The van der Waals surface area contributed by atoms with Gasteiger partial charge in [0.1, 0.15) is 22.8 Å². The van der Waals surface area contributed by atoms with E-state index >= 15 is 0 Å². The van der Waals surface area contributed by atoms with Crippen molar-refractivity contribution in [2.24, 2.45) is 10.6 Å². The lowest BCUT2D eigenvalue weighted by Crippen LogP contribution is -2.71. The number of allylic oxidation sites excluding steroid dienone is 1. The molecule has 0 unspecified atom stereocenters. The molecule has 1 saturated heterocycles. The van der Waals surface area contributed by atoms with Gasteiger partial charge < -0.3 is 25.4 Å². The summed E-state index contributed by atoms with van der Waals surface area (Å²) in [5.41, 5.74) is 7.30. The number of carbonyl (C=O) groups is 4. The quantitative estimate of drug-likeness (QED) is 0.0341. The molecule has 0 spiro atoms. The molecule has 2 aliphatic rings. The monoisotopic (exact) mass is 828 g/mol. The number of esters is 2. The van der Waals surface area contributed by atoms with E-state index in [1.54, 1.807) is 56.8 Å². The first kappa shape index (κ1) is 40.6. The van der Waals surface area contributed by atoms with Crippen molar-refractivity contribution in [3.05, 3.63) is 166 Å². The predicted molar refractivity (Wildman–Crippen MR) is 225 cm³/mol. The van der Waals surface area contributed by atoms with Gasteiger partial charge >= 0.3 is 11.9 Å². The number of β-lactam (4-membered cyclic amide) rings is 1. The van der Waals surface area contributed by atoms with Gasteiger partial charge in [-0.1, -0.05) is 114 Å². The fourth-order valence-electron chi connectivity index (χ4n) is 6.45. The molecule has 300 valence electrons. The molecule has 13 nitrogen and oxygen atoms in total. The Kier molecular flexibility index (Phi) is 12.0. The van der Waals surface area contributed by atoms with Crippen LogP contribution in [0.25, 0.3) is 6.08 Å². The summed E-state index contributed by atoms with van der Waals surface area (Å²) < 4.78 is 10.6. The van der Waals surface area contributed by atoms with Crippen LogP contribution in [0.2, 0.25) is 0 Å². The van der Waals surface area contributed by atoms with Crippen molar-refractivity contribution in [3.63, 3.8) is 0 Å². The third-order valence-corrected chi connectivity index (χ3v) is 11.4. The fourth-order valence-corrected chi connectivity index (χ4v) is 8.32. The molecular weight excluding hydrogens is 789 g/mol. The zero-order chi connectivity index (χ0) is 41.6. The molecular formula is C44H40N6O7S2. The summed E-state index contributed by atoms with van der Waals surface area (Å²) in [6.07, 6.45) is 6.78. The highest BCUT2D eigenvalue weighted by Crippen LogP contribution is 2.43. The van der Waals surface area contributed by atoms with Crippen molar-refractivity contribution >= 4 is 63.8 Å². The highest BCUT2D eigenvalue weighted by molar-refractivity contribution is 8.00. The molecule has 3 N–H and O–H groups in total. The zero-order valence-corrected chi connectivity index (χ0v) is 33.9. The second-order valence-electron chi connectivity index (χ2n) is 14.5. The third kappa shape index (κ3) is 8.66. The Morgan fingerprint density at radius 1 is 0.898 bits per heavy atom. The fraction of sp³-hybridized carbons (Fsp3) is 0.205. The van der Waals surface area contributed by atoms with E-state index in [2.05, 4.69) is 20.4 Å². The van der Waals surface area contributed by atoms with Gasteiger partial charge in [-0.3, -0.25) is 24.3 Å². The van der Waals surface area contributed by atoms with E-state index in [4.69, 9.17) is 20.0 Å². The van der Waals surface area contributed by atoms with Gasteiger partial charge in [-0.2, -0.15) is 0 Å². The number of thiazole rings is 1. The maximum atomic E-state index is 14.4. The lowest BCUT2D eigenvalue weighted by molar-refractivity contribution is -0.173. The summed E-state index contributed by atoms with van der Waals surface area (Å²) in [4.78, 5) is 70.9. The lowest BCUT2D eigenvalue weighted by atomic mass is 9.80. The van der Waals surface area contributed by atoms with Crippen LogP contribution >= 0.6 is 23.1 Å². The van der Waals surface area contributed by atoms with Gasteiger partial charge in [-0.05, 0) is 38.0 Å². The molecule has 7 rings (SSSR count). The molecule has 0 aliphatic carbocycles. The highest BCUT2D eigenvalue weighted by atomic mass is 32.2. The third-order valence-electron chi connectivity index (χ3n) is 9.43. The number of nitrogens with one attached hydrogen (secondary N) is 1. The van der Waals surface area contributed by atoms with Gasteiger partial charge in [0, 0.05) is 40.2 Å². The van der Waals surface area contributed by atoms with Crippen molar-refractivity contribution < 1.29 is 33.5 Å². The number of carbonyl (C=O) groups excluding carboxylic acids is 4. The van der Waals surface area contributed by atoms with Crippen LogP contribution in [0, 0.1) is 5.41 Å². The first-order valence-corrected chi connectivity index (χ1v) is 20.5. The number of rotatable bonds is 13. The van der Waals surface area contributed by atoms with Gasteiger partial charge in [0.25, 0.3) is 11.8 Å². The van der Waals surface area contributed by atoms with Crippen molar-refractivity contribution in [3.8, 4) is 0 Å². The molecule has 1 fully saturated rings. The Hall–Kier alpha value is -6.58. The highest BCUT2D eigenvalue weighted by Gasteiger charge is 2.54. The van der Waals surface area contributed by atoms with Crippen molar-refractivity contribution in [1.29, 1.82) is 0 Å². The minimum atomic E-state index is -1.32. The second kappa shape index (κ2) is 17.5. The van der Waals surface area contributed by atoms with Gasteiger partial charge in [0.2, 0.25) is 12.4 Å². The number of thioether (sulfide) groups is 1. The number of oxime groups is 1. The summed E-state index contributed by atoms with van der Waals surface area (Å²) >= 11 is 2.47. The van der Waals surface area contributed by atoms with Crippen LogP contribution in [0.15, 0.2) is 143 Å². The number of fused-ring (bicyclic) bond motifs is 1. The summed E-state index contributed by atoms with van der Waals surface area (Å²) in [5, 5.41) is 8.46. The Balaban J connectivity index is 1.20. The Bertz CT molecular complexity index is 2320. The average molecular weight is 829 g/mol. The summed E-state index contributed by atoms with van der Waals surface area (Å²) in [5.74, 6) is -2.46. The number of ether oxygens (including phenoxy) is 2. The summed E-state index contributed by atoms with van der Waals surface area (Å²) in [6.45, 7) is 4.38. The molecule has 0 bridgehead atoms. The second-order valence-corrected chi connectivity index (χ2v) is 16.5. The number of aromatic nitrogens is 2. The SMILES string of the molecule is CC(C)(C)C(=O)OCOC(=O)C1=C(/C=C\c2cccnc2)CS[C@H]2[C@H](NC(=O)C(=NOC(c3ccccc3)(c3ccccc3)c3ccccc3)c3csc(N)n3)C(=O)N12. The Morgan fingerprint density at radius 2 is 1.53 bits per heavy atom. The topological polar surface area (TPSA) is 175 Å². The molecule has 2 aromatic heterocycles. The first-order valence-electron chi connectivity index (χ1n) is 18.5. The molecule has 3 aromatic carbocycles. The smallest absolute Gasteiger partial charge is 0.358 e. The summed E-state index contributed by atoms with van der Waals surface area (Å²) in [6, 6.07) is 31.1. The molecule has 0 radical (unpaired) electrons. The first-order chi connectivity index (χ1) is 28.5. The predicted octanol–water partition coefficient (Wildman–Crippen LogP) is 6.29. The average Bonchev–Trinajstić information content (AvgIpc) is 3.69. The molecule has 15 heteroatoms. The van der Waals surface area contributed by atoms with Gasteiger partial charge in [-0.25, -0.2) is 9.78 Å². The van der Waals surface area contributed by atoms with E-state index in [1.807, 2.05) is 97.1 Å².